The second kappa shape index (κ2) is 7.20. The Hall–Kier alpha value is -2.11. The van der Waals surface area contributed by atoms with E-state index in [0.29, 0.717) is 18.0 Å². The fraction of sp³-hybridized carbons (Fsp3) is 0.556. The lowest BCUT2D eigenvalue weighted by molar-refractivity contribution is -0.147. The average molecular weight is 334 g/mol. The predicted octanol–water partition coefficient (Wildman–Crippen LogP) is 2.73. The van der Waals surface area contributed by atoms with E-state index in [9.17, 15) is 14.0 Å². The predicted molar refractivity (Wildman–Crippen MR) is 89.6 cm³/mol. The SMILES string of the molecule is CCOC(=O)[C@H]1CC(=O)N(c2ccc(N3CCCCC3)c(F)c2)C1. The summed E-state index contributed by atoms with van der Waals surface area (Å²) in [6.07, 6.45) is 3.46. The maximum Gasteiger partial charge on any atom is 0.311 e. The third-order valence-corrected chi connectivity index (χ3v) is 4.68. The lowest BCUT2D eigenvalue weighted by Crippen LogP contribution is -2.30. The lowest BCUT2D eigenvalue weighted by Gasteiger charge is -2.29. The molecule has 0 spiro atoms. The van der Waals surface area contributed by atoms with Crippen LogP contribution in [0.25, 0.3) is 0 Å². The van der Waals surface area contributed by atoms with Crippen molar-refractivity contribution < 1.29 is 18.7 Å². The number of anilines is 2. The standard InChI is InChI=1S/C18H23FN2O3/c1-2-24-18(23)13-10-17(22)21(12-13)14-6-7-16(15(19)11-14)20-8-4-3-5-9-20/h6-7,11,13H,2-5,8-10,12H2,1H3/t13-/m0/s1. The quantitative estimate of drug-likeness (QED) is 0.795. The first-order valence-electron chi connectivity index (χ1n) is 8.61. The highest BCUT2D eigenvalue weighted by Gasteiger charge is 2.36. The van der Waals surface area contributed by atoms with Crippen molar-refractivity contribution >= 4 is 23.3 Å². The van der Waals surface area contributed by atoms with Gasteiger partial charge in [0.1, 0.15) is 5.82 Å². The molecular formula is C18H23FN2O3. The van der Waals surface area contributed by atoms with Gasteiger partial charge in [0.2, 0.25) is 5.91 Å². The van der Waals surface area contributed by atoms with Crippen LogP contribution in [0.2, 0.25) is 0 Å². The Morgan fingerprint density at radius 1 is 1.29 bits per heavy atom. The van der Waals surface area contributed by atoms with E-state index in [0.717, 1.165) is 25.9 Å². The molecule has 3 rings (SSSR count). The van der Waals surface area contributed by atoms with Crippen molar-refractivity contribution in [1.29, 1.82) is 0 Å². The van der Waals surface area contributed by atoms with Gasteiger partial charge in [-0.1, -0.05) is 0 Å². The Kier molecular flexibility index (Phi) is 5.02. The van der Waals surface area contributed by atoms with Crippen molar-refractivity contribution in [2.45, 2.75) is 32.6 Å². The van der Waals surface area contributed by atoms with Crippen LogP contribution in [0.1, 0.15) is 32.6 Å². The summed E-state index contributed by atoms with van der Waals surface area (Å²) >= 11 is 0. The number of hydrogen-bond acceptors (Lipinski definition) is 4. The van der Waals surface area contributed by atoms with Gasteiger partial charge in [0.15, 0.2) is 0 Å². The Morgan fingerprint density at radius 2 is 2.04 bits per heavy atom. The van der Waals surface area contributed by atoms with Gasteiger partial charge < -0.3 is 14.5 Å². The second-order valence-corrected chi connectivity index (χ2v) is 6.34. The summed E-state index contributed by atoms with van der Waals surface area (Å²) in [6.45, 7) is 4.01. The highest BCUT2D eigenvalue weighted by molar-refractivity contribution is 5.99. The van der Waals surface area contributed by atoms with Crippen LogP contribution in [0.3, 0.4) is 0 Å². The number of carbonyl (C=O) groups excluding carboxylic acids is 2. The van der Waals surface area contributed by atoms with Gasteiger partial charge in [0.05, 0.1) is 18.2 Å². The highest BCUT2D eigenvalue weighted by atomic mass is 19.1. The number of halogens is 1. The van der Waals surface area contributed by atoms with Gasteiger partial charge in [-0.25, -0.2) is 4.39 Å². The van der Waals surface area contributed by atoms with Gasteiger partial charge in [-0.3, -0.25) is 9.59 Å². The molecule has 2 fully saturated rings. The largest absolute Gasteiger partial charge is 0.466 e. The van der Waals surface area contributed by atoms with Crippen LogP contribution in [-0.2, 0) is 14.3 Å². The molecule has 0 bridgehead atoms. The molecule has 0 aromatic heterocycles. The number of nitrogens with zero attached hydrogens (tertiary/aromatic N) is 2. The van der Waals surface area contributed by atoms with E-state index in [4.69, 9.17) is 4.74 Å². The van der Waals surface area contributed by atoms with Crippen LogP contribution in [0, 0.1) is 11.7 Å². The van der Waals surface area contributed by atoms with Crippen molar-refractivity contribution in [2.24, 2.45) is 5.92 Å². The first-order chi connectivity index (χ1) is 11.6. The monoisotopic (exact) mass is 334 g/mol. The zero-order valence-corrected chi connectivity index (χ0v) is 14.0. The Balaban J connectivity index is 1.74. The summed E-state index contributed by atoms with van der Waals surface area (Å²) in [4.78, 5) is 27.5. The fourth-order valence-corrected chi connectivity index (χ4v) is 3.43. The maximum atomic E-state index is 14.5. The summed E-state index contributed by atoms with van der Waals surface area (Å²) in [5, 5.41) is 0. The van der Waals surface area contributed by atoms with Gasteiger partial charge in [0, 0.05) is 31.7 Å². The molecule has 0 saturated carbocycles. The van der Waals surface area contributed by atoms with E-state index in [1.165, 1.54) is 17.4 Å². The van der Waals surface area contributed by atoms with Gasteiger partial charge in [-0.15, -0.1) is 0 Å². The van der Waals surface area contributed by atoms with Gasteiger partial charge in [-0.05, 0) is 44.4 Å². The maximum absolute atomic E-state index is 14.5. The summed E-state index contributed by atoms with van der Waals surface area (Å²) in [5.74, 6) is -1.32. The van der Waals surface area contributed by atoms with E-state index in [2.05, 4.69) is 4.90 Å². The van der Waals surface area contributed by atoms with Crippen molar-refractivity contribution in [3.05, 3.63) is 24.0 Å². The molecule has 2 aliphatic rings. The summed E-state index contributed by atoms with van der Waals surface area (Å²) in [6, 6.07) is 4.90. The number of ether oxygens (including phenoxy) is 1. The fourth-order valence-electron chi connectivity index (χ4n) is 3.43. The molecule has 1 amide bonds. The smallest absolute Gasteiger partial charge is 0.311 e. The van der Waals surface area contributed by atoms with Gasteiger partial charge >= 0.3 is 5.97 Å². The molecule has 1 atom stereocenters. The van der Waals surface area contributed by atoms with Gasteiger partial charge in [0.25, 0.3) is 0 Å². The molecule has 0 aliphatic carbocycles. The Labute approximate surface area is 141 Å². The van der Waals surface area contributed by atoms with E-state index in [1.807, 2.05) is 0 Å². The minimum absolute atomic E-state index is 0.119. The molecule has 2 saturated heterocycles. The molecule has 130 valence electrons. The number of carbonyl (C=O) groups is 2. The minimum Gasteiger partial charge on any atom is -0.466 e. The average Bonchev–Trinajstić information content (AvgIpc) is 2.98. The molecular weight excluding hydrogens is 311 g/mol. The third-order valence-electron chi connectivity index (χ3n) is 4.68. The normalized spacial score (nSPS) is 21.2. The van der Waals surface area contributed by atoms with Crippen LogP contribution in [0.4, 0.5) is 15.8 Å². The molecule has 24 heavy (non-hydrogen) atoms. The van der Waals surface area contributed by atoms with Gasteiger partial charge in [-0.2, -0.15) is 0 Å². The number of rotatable bonds is 4. The molecule has 1 aromatic carbocycles. The van der Waals surface area contributed by atoms with E-state index >= 15 is 0 Å². The molecule has 1 aromatic rings. The van der Waals surface area contributed by atoms with Crippen molar-refractivity contribution in [3.63, 3.8) is 0 Å². The second-order valence-electron chi connectivity index (χ2n) is 6.34. The molecule has 2 heterocycles. The molecule has 5 nitrogen and oxygen atoms in total. The Morgan fingerprint density at radius 3 is 2.71 bits per heavy atom. The Bertz CT molecular complexity index is 629. The van der Waals surface area contributed by atoms with Crippen molar-refractivity contribution in [2.75, 3.05) is 36.0 Å². The number of benzene rings is 1. The van der Waals surface area contributed by atoms with Crippen LogP contribution in [0.15, 0.2) is 18.2 Å². The summed E-state index contributed by atoms with van der Waals surface area (Å²) in [5.41, 5.74) is 1.09. The molecule has 2 aliphatic heterocycles. The molecule has 0 N–H and O–H groups in total. The molecule has 6 heteroatoms. The summed E-state index contributed by atoms with van der Waals surface area (Å²) in [7, 11) is 0. The first kappa shape index (κ1) is 16.7. The van der Waals surface area contributed by atoms with Crippen molar-refractivity contribution in [3.8, 4) is 0 Å². The topological polar surface area (TPSA) is 49.9 Å². The zero-order valence-electron chi connectivity index (χ0n) is 14.0. The minimum atomic E-state index is -0.470. The van der Waals surface area contributed by atoms with Crippen LogP contribution >= 0.6 is 0 Å². The molecule has 0 unspecified atom stereocenters. The third kappa shape index (κ3) is 3.37. The number of esters is 1. The van der Waals surface area contributed by atoms with E-state index in [-0.39, 0.29) is 30.7 Å². The number of piperidine rings is 1. The van der Waals surface area contributed by atoms with E-state index < -0.39 is 5.92 Å². The van der Waals surface area contributed by atoms with Crippen LogP contribution in [-0.4, -0.2) is 38.1 Å². The lowest BCUT2D eigenvalue weighted by atomic mass is 10.1. The van der Waals surface area contributed by atoms with Crippen LogP contribution < -0.4 is 9.80 Å². The number of hydrogen-bond donors (Lipinski definition) is 0. The summed E-state index contributed by atoms with van der Waals surface area (Å²) < 4.78 is 19.5. The first-order valence-corrected chi connectivity index (χ1v) is 8.61. The van der Waals surface area contributed by atoms with E-state index in [1.54, 1.807) is 19.1 Å². The highest BCUT2D eigenvalue weighted by Crippen LogP contribution is 2.31. The zero-order chi connectivity index (χ0) is 17.1. The van der Waals surface area contributed by atoms with Crippen LogP contribution in [0.5, 0.6) is 0 Å². The van der Waals surface area contributed by atoms with Crippen molar-refractivity contribution in [1.82, 2.24) is 0 Å². The number of amides is 1. The molecule has 0 radical (unpaired) electrons.